The average molecular weight is 455 g/mol. The summed E-state index contributed by atoms with van der Waals surface area (Å²) in [6.07, 6.45) is 3.66. The molecular formula is C24H26N2O5S. The average Bonchev–Trinajstić information content (AvgIpc) is 2.75. The lowest BCUT2D eigenvalue weighted by atomic mass is 9.97. The highest BCUT2D eigenvalue weighted by atomic mass is 32.2. The summed E-state index contributed by atoms with van der Waals surface area (Å²) in [5.41, 5.74) is 2.39. The van der Waals surface area contributed by atoms with Gasteiger partial charge in [-0.2, -0.15) is 5.26 Å². The second-order valence-corrected chi connectivity index (χ2v) is 9.51. The summed E-state index contributed by atoms with van der Waals surface area (Å²) in [6.45, 7) is 0.0277. The number of rotatable bonds is 10. The molecule has 2 aromatic rings. The fourth-order valence-corrected chi connectivity index (χ4v) is 3.57. The number of carbonyl (C=O) groups excluding carboxylic acids is 2. The summed E-state index contributed by atoms with van der Waals surface area (Å²) in [7, 11) is 0.513. The molecule has 168 valence electrons. The highest BCUT2D eigenvalue weighted by Crippen LogP contribution is 2.22. The number of esters is 1. The molecule has 1 unspecified atom stereocenters. The Morgan fingerprint density at radius 1 is 1.16 bits per heavy atom. The van der Waals surface area contributed by atoms with Crippen molar-refractivity contribution < 1.29 is 22.7 Å². The van der Waals surface area contributed by atoms with Gasteiger partial charge in [0.1, 0.15) is 6.42 Å². The number of hydrogen-bond acceptors (Lipinski definition) is 7. The van der Waals surface area contributed by atoms with Crippen LogP contribution >= 0.6 is 0 Å². The molecule has 0 N–H and O–H groups in total. The molecule has 0 radical (unpaired) electrons. The van der Waals surface area contributed by atoms with Crippen LogP contribution in [0.25, 0.3) is 6.08 Å². The minimum atomic E-state index is -3.35. The summed E-state index contributed by atoms with van der Waals surface area (Å²) >= 11 is 0. The van der Waals surface area contributed by atoms with Gasteiger partial charge in [-0.3, -0.25) is 9.59 Å². The number of ether oxygens (including phenoxy) is 1. The summed E-state index contributed by atoms with van der Waals surface area (Å²) in [6, 6.07) is 15.9. The molecule has 0 aliphatic carbocycles. The molecule has 8 heteroatoms. The van der Waals surface area contributed by atoms with Crippen LogP contribution in [0.5, 0.6) is 0 Å². The maximum absolute atomic E-state index is 12.0. The topological polar surface area (TPSA) is 105 Å². The van der Waals surface area contributed by atoms with Crippen molar-refractivity contribution in [3.8, 4) is 6.07 Å². The molecule has 2 aromatic carbocycles. The normalized spacial score (nSPS) is 12.2. The zero-order valence-corrected chi connectivity index (χ0v) is 19.1. The summed E-state index contributed by atoms with van der Waals surface area (Å²) in [5, 5.41) is 9.41. The van der Waals surface area contributed by atoms with Gasteiger partial charge < -0.3 is 9.64 Å². The molecule has 0 saturated carbocycles. The van der Waals surface area contributed by atoms with Gasteiger partial charge in [0.25, 0.3) is 0 Å². The Kier molecular flexibility index (Phi) is 8.73. The lowest BCUT2D eigenvalue weighted by Gasteiger charge is -2.14. The molecule has 0 aromatic heterocycles. The summed E-state index contributed by atoms with van der Waals surface area (Å²) in [4.78, 5) is 26.0. The van der Waals surface area contributed by atoms with Gasteiger partial charge in [0.2, 0.25) is 0 Å². The van der Waals surface area contributed by atoms with Crippen LogP contribution < -0.4 is 4.90 Å². The molecule has 1 atom stereocenters. The van der Waals surface area contributed by atoms with E-state index in [4.69, 9.17) is 4.74 Å². The molecule has 0 aliphatic rings. The van der Waals surface area contributed by atoms with Crippen molar-refractivity contribution in [3.05, 3.63) is 65.7 Å². The first-order valence-electron chi connectivity index (χ1n) is 9.93. The van der Waals surface area contributed by atoms with Crippen molar-refractivity contribution in [3.63, 3.8) is 0 Å². The lowest BCUT2D eigenvalue weighted by molar-refractivity contribution is -0.145. The van der Waals surface area contributed by atoms with E-state index >= 15 is 0 Å². The Morgan fingerprint density at radius 3 is 2.44 bits per heavy atom. The number of nitriles is 1. The summed E-state index contributed by atoms with van der Waals surface area (Å²) < 4.78 is 28.3. The van der Waals surface area contributed by atoms with Gasteiger partial charge in [0.05, 0.1) is 23.5 Å². The predicted molar refractivity (Wildman–Crippen MR) is 123 cm³/mol. The largest absolute Gasteiger partial charge is 0.465 e. The van der Waals surface area contributed by atoms with E-state index in [2.05, 4.69) is 6.07 Å². The van der Waals surface area contributed by atoms with Gasteiger partial charge >= 0.3 is 5.97 Å². The van der Waals surface area contributed by atoms with Crippen molar-refractivity contribution in [1.29, 1.82) is 5.26 Å². The molecule has 32 heavy (non-hydrogen) atoms. The fourth-order valence-electron chi connectivity index (χ4n) is 2.89. The van der Waals surface area contributed by atoms with E-state index in [9.17, 15) is 23.3 Å². The molecule has 0 aliphatic heterocycles. The minimum absolute atomic E-state index is 0.0277. The van der Waals surface area contributed by atoms with Gasteiger partial charge in [-0.05, 0) is 41.5 Å². The van der Waals surface area contributed by atoms with E-state index in [1.54, 1.807) is 12.1 Å². The van der Waals surface area contributed by atoms with Crippen molar-refractivity contribution in [2.75, 3.05) is 31.9 Å². The van der Waals surface area contributed by atoms with E-state index in [0.29, 0.717) is 12.0 Å². The molecule has 7 nitrogen and oxygen atoms in total. The Bertz CT molecular complexity index is 1130. The van der Waals surface area contributed by atoms with Crippen LogP contribution in [0.1, 0.15) is 29.9 Å². The van der Waals surface area contributed by atoms with E-state index in [0.717, 1.165) is 17.5 Å². The maximum atomic E-state index is 12.0. The number of carbonyl (C=O) groups is 2. The number of sulfone groups is 1. The van der Waals surface area contributed by atoms with Crippen molar-refractivity contribution in [2.24, 2.45) is 0 Å². The van der Waals surface area contributed by atoms with E-state index in [-0.39, 0.29) is 11.5 Å². The van der Waals surface area contributed by atoms with Crippen LogP contribution in [0.4, 0.5) is 5.69 Å². The third kappa shape index (κ3) is 7.67. The molecule has 0 saturated heterocycles. The molecule has 0 fully saturated rings. The van der Waals surface area contributed by atoms with Crippen LogP contribution in [0.15, 0.2) is 59.5 Å². The smallest absolute Gasteiger partial charge is 0.313 e. The Balaban J connectivity index is 1.84. The molecule has 0 heterocycles. The van der Waals surface area contributed by atoms with E-state index < -0.39 is 33.9 Å². The predicted octanol–water partition coefficient (Wildman–Crippen LogP) is 3.37. The van der Waals surface area contributed by atoms with Gasteiger partial charge in [-0.25, -0.2) is 8.42 Å². The first-order chi connectivity index (χ1) is 15.1. The number of nitrogens with zero attached hydrogens (tertiary/aromatic N) is 2. The fraction of sp³-hybridized carbons (Fsp3) is 0.292. The van der Waals surface area contributed by atoms with E-state index in [1.807, 2.05) is 43.3 Å². The minimum Gasteiger partial charge on any atom is -0.465 e. The van der Waals surface area contributed by atoms with Crippen molar-refractivity contribution >= 4 is 33.4 Å². The van der Waals surface area contributed by atoms with E-state index in [1.165, 1.54) is 24.3 Å². The number of benzene rings is 2. The van der Waals surface area contributed by atoms with Crippen LogP contribution in [0, 0.1) is 11.3 Å². The Labute approximate surface area is 188 Å². The van der Waals surface area contributed by atoms with Crippen LogP contribution in [0.2, 0.25) is 0 Å². The van der Waals surface area contributed by atoms with Gasteiger partial charge in [-0.15, -0.1) is 0 Å². The number of anilines is 1. The second-order valence-electron chi connectivity index (χ2n) is 7.50. The summed E-state index contributed by atoms with van der Waals surface area (Å²) in [5.74, 6) is -1.56. The highest BCUT2D eigenvalue weighted by Gasteiger charge is 2.14. The van der Waals surface area contributed by atoms with Gasteiger partial charge in [0, 0.05) is 32.5 Å². The number of ketones is 1. The molecule has 0 spiro atoms. The Morgan fingerprint density at radius 2 is 1.84 bits per heavy atom. The molecule has 0 amide bonds. The molecule has 2 rings (SSSR count). The monoisotopic (exact) mass is 454 g/mol. The van der Waals surface area contributed by atoms with Gasteiger partial charge in [-0.1, -0.05) is 30.3 Å². The molecule has 0 bridgehead atoms. The Hall–Kier alpha value is -3.44. The van der Waals surface area contributed by atoms with Crippen LogP contribution in [-0.4, -0.2) is 47.1 Å². The zero-order valence-electron chi connectivity index (χ0n) is 18.3. The highest BCUT2D eigenvalue weighted by molar-refractivity contribution is 7.90. The first-order valence-corrected chi connectivity index (χ1v) is 11.8. The second kappa shape index (κ2) is 11.3. The maximum Gasteiger partial charge on any atom is 0.313 e. The first kappa shape index (κ1) is 24.8. The number of allylic oxidation sites excluding steroid dienone is 1. The van der Waals surface area contributed by atoms with Crippen LogP contribution in [-0.2, 0) is 24.2 Å². The SMILES string of the molecule is CN(C)c1ccc(C(C#N)CCOC(=O)CC(=O)C=Cc2cccc(S(C)(=O)=O)c2)cc1. The van der Waals surface area contributed by atoms with Gasteiger partial charge in [0.15, 0.2) is 15.6 Å². The lowest BCUT2D eigenvalue weighted by Crippen LogP contribution is -2.12. The van der Waals surface area contributed by atoms with Crippen molar-refractivity contribution in [2.45, 2.75) is 23.7 Å². The quantitative estimate of drug-likeness (QED) is 0.308. The molecular weight excluding hydrogens is 428 g/mol. The zero-order chi connectivity index (χ0) is 23.7. The third-order valence-electron chi connectivity index (χ3n) is 4.70. The third-order valence-corrected chi connectivity index (χ3v) is 5.81. The standard InChI is InChI=1S/C24H26N2O5S/c1-26(2)21-10-8-19(9-11-21)20(17-25)13-14-31-24(28)16-22(27)12-7-18-5-4-6-23(15-18)32(3,29)30/h4-12,15,20H,13-14,16H2,1-3H3. The number of hydrogen-bond donors (Lipinski definition) is 0. The van der Waals surface area contributed by atoms with Crippen LogP contribution in [0.3, 0.4) is 0 Å². The van der Waals surface area contributed by atoms with Crippen molar-refractivity contribution in [1.82, 2.24) is 0 Å².